The van der Waals surface area contributed by atoms with Gasteiger partial charge >= 0.3 is 0 Å². The number of aryl methyl sites for hydroxylation is 2. The van der Waals surface area contributed by atoms with E-state index in [1.54, 1.807) is 6.33 Å². The zero-order valence-corrected chi connectivity index (χ0v) is 18.0. The molecule has 0 saturated heterocycles. The highest BCUT2D eigenvalue weighted by atomic mass is 127. The van der Waals surface area contributed by atoms with Gasteiger partial charge in [0.15, 0.2) is 11.8 Å². The molecule has 3 rings (SSSR count). The lowest BCUT2D eigenvalue weighted by Crippen LogP contribution is -2.47. The summed E-state index contributed by atoms with van der Waals surface area (Å²) in [7, 11) is 1.96. The first-order valence-corrected chi connectivity index (χ1v) is 8.93. The molecule has 2 N–H and O–H groups in total. The van der Waals surface area contributed by atoms with Crippen LogP contribution >= 0.6 is 24.0 Å². The molecular weight excluding hydrogens is 445 g/mol. The monoisotopic (exact) mass is 473 g/mol. The van der Waals surface area contributed by atoms with E-state index in [9.17, 15) is 0 Å². The Kier molecular flexibility index (Phi) is 7.79. The molecule has 0 radical (unpaired) electrons. The topological polar surface area (TPSA) is 97.8 Å². The maximum absolute atomic E-state index is 4.70. The van der Waals surface area contributed by atoms with Crippen molar-refractivity contribution in [1.29, 1.82) is 0 Å². The molecule has 26 heavy (non-hydrogen) atoms. The van der Waals surface area contributed by atoms with Crippen LogP contribution in [0.5, 0.6) is 0 Å². The van der Waals surface area contributed by atoms with Crippen molar-refractivity contribution in [3.63, 3.8) is 0 Å². The Morgan fingerprint density at radius 2 is 2.23 bits per heavy atom. The fraction of sp³-hybridized carbons (Fsp3) is 0.688. The lowest BCUT2D eigenvalue weighted by molar-refractivity contribution is 0.392. The number of nitrogens with one attached hydrogen (secondary N) is 2. The van der Waals surface area contributed by atoms with Crippen molar-refractivity contribution in [2.24, 2.45) is 12.0 Å². The van der Waals surface area contributed by atoms with Crippen LogP contribution in [0.1, 0.15) is 43.7 Å². The van der Waals surface area contributed by atoms with E-state index in [0.717, 1.165) is 62.2 Å². The van der Waals surface area contributed by atoms with Gasteiger partial charge in [0.1, 0.15) is 24.5 Å². The highest BCUT2D eigenvalue weighted by Gasteiger charge is 2.20. The van der Waals surface area contributed by atoms with E-state index >= 15 is 0 Å². The summed E-state index contributed by atoms with van der Waals surface area (Å²) in [6, 6.07) is 0.295. The summed E-state index contributed by atoms with van der Waals surface area (Å²) in [6.07, 6.45) is 5.84. The molecule has 1 aliphatic heterocycles. The first-order chi connectivity index (χ1) is 12.2. The lowest BCUT2D eigenvalue weighted by Gasteiger charge is -2.25. The maximum atomic E-state index is 4.70. The largest absolute Gasteiger partial charge is 0.356 e. The molecule has 1 unspecified atom stereocenters. The van der Waals surface area contributed by atoms with Crippen LogP contribution in [-0.2, 0) is 26.6 Å². The Morgan fingerprint density at radius 1 is 1.38 bits per heavy atom. The standard InChI is InChI=1S/C16H27N9.HI/c1-4-5-8-17-16(18-9-15-23-22-12(2)24(15)3)21-13-6-7-14-19-11-20-25(14)10-13;/h11,13H,4-10H2,1-3H3,(H2,17,18,21);1H. The third-order valence-corrected chi connectivity index (χ3v) is 4.53. The maximum Gasteiger partial charge on any atom is 0.191 e. The minimum absolute atomic E-state index is 0. The van der Waals surface area contributed by atoms with Crippen molar-refractivity contribution in [1.82, 2.24) is 40.2 Å². The fourth-order valence-electron chi connectivity index (χ4n) is 2.82. The van der Waals surface area contributed by atoms with E-state index in [2.05, 4.69) is 37.8 Å². The number of hydrogen-bond acceptors (Lipinski definition) is 5. The second kappa shape index (κ2) is 9.83. The van der Waals surface area contributed by atoms with E-state index < -0.39 is 0 Å². The zero-order chi connectivity index (χ0) is 17.6. The summed E-state index contributed by atoms with van der Waals surface area (Å²) >= 11 is 0. The van der Waals surface area contributed by atoms with Crippen LogP contribution in [0, 0.1) is 6.92 Å². The highest BCUT2D eigenvalue weighted by molar-refractivity contribution is 14.0. The predicted molar refractivity (Wildman–Crippen MR) is 110 cm³/mol. The third kappa shape index (κ3) is 5.15. The molecule has 0 amide bonds. The molecule has 1 atom stereocenters. The Morgan fingerprint density at radius 3 is 2.96 bits per heavy atom. The molecule has 0 saturated carbocycles. The number of aromatic nitrogens is 6. The van der Waals surface area contributed by atoms with E-state index in [0.29, 0.717) is 12.6 Å². The first-order valence-electron chi connectivity index (χ1n) is 8.93. The van der Waals surface area contributed by atoms with Crippen LogP contribution in [0.15, 0.2) is 11.3 Å². The molecular formula is C16H28IN9. The molecule has 0 aromatic carbocycles. The number of aliphatic imine (C=N–C) groups is 1. The summed E-state index contributed by atoms with van der Waals surface area (Å²) in [4.78, 5) is 8.98. The molecule has 144 valence electrons. The average Bonchev–Trinajstić information content (AvgIpc) is 3.20. The fourth-order valence-corrected chi connectivity index (χ4v) is 2.82. The minimum Gasteiger partial charge on any atom is -0.356 e. The van der Waals surface area contributed by atoms with Gasteiger partial charge in [-0.25, -0.2) is 14.7 Å². The molecule has 0 spiro atoms. The molecule has 9 nitrogen and oxygen atoms in total. The van der Waals surface area contributed by atoms with Crippen LogP contribution in [0.25, 0.3) is 0 Å². The quantitative estimate of drug-likeness (QED) is 0.283. The SMILES string of the molecule is CCCCNC(=NCc1nnc(C)n1C)NC1CCc2ncnn2C1.I. The van der Waals surface area contributed by atoms with Gasteiger partial charge in [-0.15, -0.1) is 34.2 Å². The van der Waals surface area contributed by atoms with Crippen LogP contribution in [0.2, 0.25) is 0 Å². The molecule has 10 heteroatoms. The number of hydrogen-bond donors (Lipinski definition) is 2. The first kappa shape index (κ1) is 20.6. The molecule has 2 aromatic rings. The van der Waals surface area contributed by atoms with Gasteiger partial charge in [0.25, 0.3) is 0 Å². The number of rotatable bonds is 6. The van der Waals surface area contributed by atoms with Crippen molar-refractivity contribution in [2.45, 2.75) is 58.7 Å². The molecule has 0 bridgehead atoms. The number of halogens is 1. The molecule has 2 aromatic heterocycles. The Labute approximate surface area is 171 Å². The van der Waals surface area contributed by atoms with Crippen LogP contribution < -0.4 is 10.6 Å². The second-order valence-corrected chi connectivity index (χ2v) is 6.41. The van der Waals surface area contributed by atoms with Crippen molar-refractivity contribution < 1.29 is 0 Å². The van der Waals surface area contributed by atoms with Gasteiger partial charge in [-0.3, -0.25) is 0 Å². The van der Waals surface area contributed by atoms with E-state index in [1.165, 1.54) is 0 Å². The smallest absolute Gasteiger partial charge is 0.191 e. The van der Waals surface area contributed by atoms with Gasteiger partial charge in [-0.1, -0.05) is 13.3 Å². The number of guanidine groups is 1. The van der Waals surface area contributed by atoms with Crippen molar-refractivity contribution in [3.05, 3.63) is 23.8 Å². The number of fused-ring (bicyclic) bond motifs is 1. The summed E-state index contributed by atoms with van der Waals surface area (Å²) in [5, 5.41) is 19.5. The van der Waals surface area contributed by atoms with Crippen LogP contribution in [0.4, 0.5) is 0 Å². The average molecular weight is 473 g/mol. The number of nitrogens with zero attached hydrogens (tertiary/aromatic N) is 7. The summed E-state index contributed by atoms with van der Waals surface area (Å²) in [5.74, 6) is 3.63. The summed E-state index contributed by atoms with van der Waals surface area (Å²) in [6.45, 7) is 6.34. The van der Waals surface area contributed by atoms with Gasteiger partial charge in [-0.2, -0.15) is 5.10 Å². The van der Waals surface area contributed by atoms with E-state index in [4.69, 9.17) is 4.99 Å². The van der Waals surface area contributed by atoms with Crippen molar-refractivity contribution in [2.75, 3.05) is 6.54 Å². The lowest BCUT2D eigenvalue weighted by atomic mass is 10.1. The summed E-state index contributed by atoms with van der Waals surface area (Å²) in [5.41, 5.74) is 0. The Balaban J connectivity index is 0.00000243. The second-order valence-electron chi connectivity index (χ2n) is 6.41. The molecule has 0 fully saturated rings. The van der Waals surface area contributed by atoms with Gasteiger partial charge in [0.2, 0.25) is 0 Å². The predicted octanol–water partition coefficient (Wildman–Crippen LogP) is 1.18. The van der Waals surface area contributed by atoms with Crippen LogP contribution in [0.3, 0.4) is 0 Å². The van der Waals surface area contributed by atoms with E-state index in [1.807, 2.05) is 23.2 Å². The minimum atomic E-state index is 0. The summed E-state index contributed by atoms with van der Waals surface area (Å²) < 4.78 is 3.94. The van der Waals surface area contributed by atoms with Gasteiger partial charge in [-0.05, 0) is 19.8 Å². The third-order valence-electron chi connectivity index (χ3n) is 4.53. The molecule has 3 heterocycles. The zero-order valence-electron chi connectivity index (χ0n) is 15.6. The van der Waals surface area contributed by atoms with Crippen LogP contribution in [-0.4, -0.2) is 48.1 Å². The normalized spacial score (nSPS) is 16.7. The van der Waals surface area contributed by atoms with Gasteiger partial charge in [0.05, 0.1) is 6.54 Å². The van der Waals surface area contributed by atoms with E-state index in [-0.39, 0.29) is 24.0 Å². The molecule has 1 aliphatic rings. The van der Waals surface area contributed by atoms with Crippen molar-refractivity contribution in [3.8, 4) is 0 Å². The highest BCUT2D eigenvalue weighted by Crippen LogP contribution is 2.11. The Bertz CT molecular complexity index is 721. The van der Waals surface area contributed by atoms with Gasteiger partial charge in [0, 0.05) is 26.1 Å². The molecule has 0 aliphatic carbocycles. The number of unbranched alkanes of at least 4 members (excludes halogenated alkanes) is 1. The van der Waals surface area contributed by atoms with Gasteiger partial charge < -0.3 is 15.2 Å². The van der Waals surface area contributed by atoms with Crippen molar-refractivity contribution >= 4 is 29.9 Å². The Hall–Kier alpha value is -1.72.